The van der Waals surface area contributed by atoms with Crippen molar-refractivity contribution in [2.45, 2.75) is 19.8 Å². The van der Waals surface area contributed by atoms with Gasteiger partial charge in [0.15, 0.2) is 5.82 Å². The van der Waals surface area contributed by atoms with Gasteiger partial charge >= 0.3 is 0 Å². The van der Waals surface area contributed by atoms with E-state index >= 15 is 0 Å². The highest BCUT2D eigenvalue weighted by atomic mass is 32.1. The van der Waals surface area contributed by atoms with Gasteiger partial charge in [0.25, 0.3) is 0 Å². The second-order valence-electron chi connectivity index (χ2n) is 5.50. The zero-order chi connectivity index (χ0) is 16.4. The predicted octanol–water partition coefficient (Wildman–Crippen LogP) is 4.11. The lowest BCUT2D eigenvalue weighted by molar-refractivity contribution is 0.415. The number of rotatable bonds is 4. The molecule has 0 atom stereocenters. The minimum atomic E-state index is 0.217. The molecule has 0 fully saturated rings. The van der Waals surface area contributed by atoms with Gasteiger partial charge < -0.3 is 4.74 Å². The molecule has 1 aromatic heterocycles. The zero-order valence-electron chi connectivity index (χ0n) is 13.3. The van der Waals surface area contributed by atoms with Crippen molar-refractivity contribution >= 4 is 29.2 Å². The standard InChI is InChI=1S/C17H18N4OS/c1-11(2)16-19-20-17(23)21(16)18-10-14-13-7-5-4-6-12(13)8-9-15(14)22-3/h4-11H,1-3H3,(H,20,23)/b18-10+. The summed E-state index contributed by atoms with van der Waals surface area (Å²) in [6.45, 7) is 4.10. The number of methoxy groups -OCH3 is 1. The first kappa shape index (κ1) is 15.4. The maximum absolute atomic E-state index is 5.48. The van der Waals surface area contributed by atoms with E-state index in [2.05, 4.69) is 41.3 Å². The number of ether oxygens (including phenoxy) is 1. The molecule has 5 nitrogen and oxygen atoms in total. The van der Waals surface area contributed by atoms with Gasteiger partial charge in [0, 0.05) is 11.5 Å². The third kappa shape index (κ3) is 2.90. The van der Waals surface area contributed by atoms with Crippen molar-refractivity contribution in [3.05, 3.63) is 52.6 Å². The van der Waals surface area contributed by atoms with Crippen LogP contribution >= 0.6 is 12.2 Å². The van der Waals surface area contributed by atoms with Crippen LogP contribution in [0.5, 0.6) is 5.75 Å². The number of nitrogens with one attached hydrogen (secondary N) is 1. The molecule has 2 aromatic carbocycles. The Hall–Kier alpha value is -2.47. The lowest BCUT2D eigenvalue weighted by atomic mass is 10.0. The van der Waals surface area contributed by atoms with Gasteiger partial charge in [0.2, 0.25) is 4.77 Å². The first-order valence-corrected chi connectivity index (χ1v) is 7.80. The quantitative estimate of drug-likeness (QED) is 0.580. The first-order valence-electron chi connectivity index (χ1n) is 7.39. The van der Waals surface area contributed by atoms with E-state index in [1.807, 2.05) is 24.3 Å². The minimum Gasteiger partial charge on any atom is -0.496 e. The van der Waals surface area contributed by atoms with Crippen molar-refractivity contribution in [2.24, 2.45) is 5.10 Å². The van der Waals surface area contributed by atoms with Gasteiger partial charge in [-0.05, 0) is 29.1 Å². The number of H-pyrrole nitrogens is 1. The molecule has 0 saturated carbocycles. The summed E-state index contributed by atoms with van der Waals surface area (Å²) in [5.74, 6) is 1.79. The van der Waals surface area contributed by atoms with Crippen molar-refractivity contribution < 1.29 is 4.74 Å². The van der Waals surface area contributed by atoms with Crippen molar-refractivity contribution in [1.82, 2.24) is 14.9 Å². The third-order valence-corrected chi connectivity index (χ3v) is 3.91. The van der Waals surface area contributed by atoms with Crippen molar-refractivity contribution in [2.75, 3.05) is 7.11 Å². The first-order chi connectivity index (χ1) is 11.1. The van der Waals surface area contributed by atoms with Gasteiger partial charge in [-0.25, -0.2) is 0 Å². The second-order valence-corrected chi connectivity index (χ2v) is 5.89. The number of aromatic amines is 1. The monoisotopic (exact) mass is 326 g/mol. The summed E-state index contributed by atoms with van der Waals surface area (Å²) in [5.41, 5.74) is 0.920. The van der Waals surface area contributed by atoms with Crippen LogP contribution in [-0.4, -0.2) is 28.2 Å². The number of benzene rings is 2. The van der Waals surface area contributed by atoms with Crippen LogP contribution in [-0.2, 0) is 0 Å². The molecule has 1 N–H and O–H groups in total. The van der Waals surface area contributed by atoms with E-state index in [4.69, 9.17) is 17.0 Å². The molecule has 118 valence electrons. The van der Waals surface area contributed by atoms with Gasteiger partial charge in [-0.3, -0.25) is 5.10 Å². The van der Waals surface area contributed by atoms with Crippen LogP contribution in [0.4, 0.5) is 0 Å². The van der Waals surface area contributed by atoms with E-state index in [0.717, 1.165) is 27.9 Å². The van der Waals surface area contributed by atoms with Gasteiger partial charge in [-0.15, -0.1) is 0 Å². The molecule has 6 heteroatoms. The van der Waals surface area contributed by atoms with Crippen molar-refractivity contribution in [3.63, 3.8) is 0 Å². The average Bonchev–Trinajstić information content (AvgIpc) is 2.93. The fourth-order valence-electron chi connectivity index (χ4n) is 2.49. The number of hydrogen-bond donors (Lipinski definition) is 1. The molecular formula is C17H18N4OS. The summed E-state index contributed by atoms with van der Waals surface area (Å²) in [5, 5.41) is 13.8. The predicted molar refractivity (Wildman–Crippen MR) is 95.0 cm³/mol. The van der Waals surface area contributed by atoms with Gasteiger partial charge in [0.1, 0.15) is 5.75 Å². The van der Waals surface area contributed by atoms with Crippen LogP contribution in [0.15, 0.2) is 41.5 Å². The van der Waals surface area contributed by atoms with Gasteiger partial charge in [0.05, 0.1) is 13.3 Å². The molecule has 0 spiro atoms. The topological polar surface area (TPSA) is 55.2 Å². The zero-order valence-corrected chi connectivity index (χ0v) is 14.1. The summed E-state index contributed by atoms with van der Waals surface area (Å²) in [4.78, 5) is 0. The highest BCUT2D eigenvalue weighted by Crippen LogP contribution is 2.26. The van der Waals surface area contributed by atoms with E-state index in [1.54, 1.807) is 18.0 Å². The molecule has 3 rings (SSSR count). The minimum absolute atomic E-state index is 0.217. The molecule has 23 heavy (non-hydrogen) atoms. The third-order valence-electron chi connectivity index (χ3n) is 3.64. The molecule has 0 aliphatic rings. The summed E-state index contributed by atoms with van der Waals surface area (Å²) < 4.78 is 7.61. The van der Waals surface area contributed by atoms with Gasteiger partial charge in [-0.1, -0.05) is 44.2 Å². The molecule has 0 aliphatic carbocycles. The normalized spacial score (nSPS) is 11.7. The van der Waals surface area contributed by atoms with Crippen LogP contribution < -0.4 is 4.74 Å². The summed E-state index contributed by atoms with van der Waals surface area (Å²) >= 11 is 5.26. The Balaban J connectivity index is 2.15. The van der Waals surface area contributed by atoms with Crippen molar-refractivity contribution in [1.29, 1.82) is 0 Å². The Bertz CT molecular complexity index is 924. The summed E-state index contributed by atoms with van der Waals surface area (Å²) in [7, 11) is 1.66. The van der Waals surface area contributed by atoms with Crippen molar-refractivity contribution in [3.8, 4) is 5.75 Å². The van der Waals surface area contributed by atoms with Crippen LogP contribution in [0.25, 0.3) is 10.8 Å². The second kappa shape index (κ2) is 6.34. The van der Waals surface area contributed by atoms with Gasteiger partial charge in [-0.2, -0.15) is 14.9 Å². The highest BCUT2D eigenvalue weighted by molar-refractivity contribution is 7.71. The van der Waals surface area contributed by atoms with Crippen LogP contribution in [0.3, 0.4) is 0 Å². The molecular weight excluding hydrogens is 308 g/mol. The molecule has 1 heterocycles. The molecule has 0 amide bonds. The maximum Gasteiger partial charge on any atom is 0.216 e. The Morgan fingerprint density at radius 3 is 2.78 bits per heavy atom. The van der Waals surface area contributed by atoms with E-state index in [0.29, 0.717) is 4.77 Å². The largest absolute Gasteiger partial charge is 0.496 e. The smallest absolute Gasteiger partial charge is 0.216 e. The Morgan fingerprint density at radius 1 is 1.26 bits per heavy atom. The molecule has 0 saturated heterocycles. The van der Waals surface area contributed by atoms with E-state index in [9.17, 15) is 0 Å². The number of hydrogen-bond acceptors (Lipinski definition) is 4. The van der Waals surface area contributed by atoms with Crippen LogP contribution in [0.2, 0.25) is 0 Å². The lowest BCUT2D eigenvalue weighted by Gasteiger charge is -2.09. The Morgan fingerprint density at radius 2 is 2.04 bits per heavy atom. The number of aromatic nitrogens is 3. The molecule has 3 aromatic rings. The summed E-state index contributed by atoms with van der Waals surface area (Å²) in [6.07, 6.45) is 1.78. The lowest BCUT2D eigenvalue weighted by Crippen LogP contribution is -2.01. The molecule has 0 aliphatic heterocycles. The number of nitrogens with zero attached hydrogens (tertiary/aromatic N) is 3. The molecule has 0 unspecified atom stereocenters. The van der Waals surface area contributed by atoms with Crippen LogP contribution in [0.1, 0.15) is 31.2 Å². The SMILES string of the molecule is COc1ccc2ccccc2c1/C=N/n1c(C(C)C)n[nH]c1=S. The summed E-state index contributed by atoms with van der Waals surface area (Å²) in [6, 6.07) is 12.1. The highest BCUT2D eigenvalue weighted by Gasteiger charge is 2.10. The fourth-order valence-corrected chi connectivity index (χ4v) is 2.68. The maximum atomic E-state index is 5.48. The average molecular weight is 326 g/mol. The van der Waals surface area contributed by atoms with E-state index in [-0.39, 0.29) is 5.92 Å². The Labute approximate surface area is 139 Å². The Kier molecular flexibility index (Phi) is 4.25. The van der Waals surface area contributed by atoms with Crippen LogP contribution in [0, 0.1) is 4.77 Å². The fraction of sp³-hybridized carbons (Fsp3) is 0.235. The van der Waals surface area contributed by atoms with E-state index in [1.165, 1.54) is 0 Å². The number of fused-ring (bicyclic) bond motifs is 1. The van der Waals surface area contributed by atoms with E-state index < -0.39 is 0 Å². The molecule has 0 bridgehead atoms. The molecule has 0 radical (unpaired) electrons.